The van der Waals surface area contributed by atoms with Crippen LogP contribution in [-0.2, 0) is 4.74 Å². The Labute approximate surface area is 103 Å². The third kappa shape index (κ3) is 3.63. The predicted molar refractivity (Wildman–Crippen MR) is 57.7 cm³/mol. The van der Waals surface area contributed by atoms with Gasteiger partial charge in [-0.25, -0.2) is 4.79 Å². The molecule has 0 spiro atoms. The van der Waals surface area contributed by atoms with Crippen LogP contribution in [0.1, 0.15) is 27.2 Å². The molecule has 1 aliphatic rings. The van der Waals surface area contributed by atoms with Gasteiger partial charge in [0.15, 0.2) is 0 Å². The highest BCUT2D eigenvalue weighted by Gasteiger charge is 2.42. The fourth-order valence-corrected chi connectivity index (χ4v) is 1.54. The standard InChI is InChI=1S/C11H16F3NO3/c1-10(2,3)18-9(17)15-5-7(11(12,13)14)4-8(15)6-16/h5,8,16H,4,6H2,1-3H3/t8-/m0/s1. The molecular formula is C11H16F3NO3. The number of carbonyl (C=O) groups is 1. The lowest BCUT2D eigenvalue weighted by Crippen LogP contribution is -2.39. The third-order valence-corrected chi connectivity index (χ3v) is 2.32. The second-order valence-corrected chi connectivity index (χ2v) is 5.08. The zero-order valence-corrected chi connectivity index (χ0v) is 10.4. The number of amides is 1. The summed E-state index contributed by atoms with van der Waals surface area (Å²) in [4.78, 5) is 12.5. The summed E-state index contributed by atoms with van der Waals surface area (Å²) >= 11 is 0. The van der Waals surface area contributed by atoms with Gasteiger partial charge in [-0.2, -0.15) is 13.2 Å². The lowest BCUT2D eigenvalue weighted by atomic mass is 10.1. The van der Waals surface area contributed by atoms with E-state index in [-0.39, 0.29) is 0 Å². The van der Waals surface area contributed by atoms with Crippen LogP contribution < -0.4 is 0 Å². The van der Waals surface area contributed by atoms with Gasteiger partial charge in [0.05, 0.1) is 18.2 Å². The molecule has 0 saturated carbocycles. The van der Waals surface area contributed by atoms with Crippen molar-refractivity contribution in [3.8, 4) is 0 Å². The number of rotatable bonds is 1. The van der Waals surface area contributed by atoms with Crippen LogP contribution in [0.15, 0.2) is 11.8 Å². The van der Waals surface area contributed by atoms with Gasteiger partial charge in [0.1, 0.15) is 5.60 Å². The first-order chi connectivity index (χ1) is 8.04. The highest BCUT2D eigenvalue weighted by molar-refractivity contribution is 5.71. The Bertz CT molecular complexity index is 358. The van der Waals surface area contributed by atoms with Crippen molar-refractivity contribution in [2.75, 3.05) is 6.61 Å². The van der Waals surface area contributed by atoms with Crippen LogP contribution in [-0.4, -0.2) is 40.5 Å². The highest BCUT2D eigenvalue weighted by Crippen LogP contribution is 2.35. The molecule has 18 heavy (non-hydrogen) atoms. The maximum absolute atomic E-state index is 12.5. The number of nitrogens with zero attached hydrogens (tertiary/aromatic N) is 1. The SMILES string of the molecule is CC(C)(C)OC(=O)N1C=C(C(F)(F)F)C[C@H]1CO. The summed E-state index contributed by atoms with van der Waals surface area (Å²) in [6.07, 6.45) is -5.10. The van der Waals surface area contributed by atoms with E-state index in [1.165, 1.54) is 0 Å². The molecule has 0 aromatic rings. The Morgan fingerprint density at radius 2 is 2.06 bits per heavy atom. The van der Waals surface area contributed by atoms with E-state index in [0.29, 0.717) is 6.20 Å². The van der Waals surface area contributed by atoms with Crippen molar-refractivity contribution in [3.63, 3.8) is 0 Å². The number of aliphatic hydroxyl groups excluding tert-OH is 1. The number of halogens is 3. The first kappa shape index (κ1) is 14.8. The second kappa shape index (κ2) is 4.79. The molecule has 0 bridgehead atoms. The first-order valence-corrected chi connectivity index (χ1v) is 5.44. The minimum Gasteiger partial charge on any atom is -0.443 e. The molecule has 1 atom stereocenters. The summed E-state index contributed by atoms with van der Waals surface area (Å²) in [5.41, 5.74) is -1.64. The molecule has 0 aliphatic carbocycles. The highest BCUT2D eigenvalue weighted by atomic mass is 19.4. The number of hydrogen-bond donors (Lipinski definition) is 1. The van der Waals surface area contributed by atoms with E-state index >= 15 is 0 Å². The van der Waals surface area contributed by atoms with Gasteiger partial charge in [0.25, 0.3) is 0 Å². The summed E-state index contributed by atoms with van der Waals surface area (Å²) in [6, 6.07) is -0.920. The molecule has 4 nitrogen and oxygen atoms in total. The van der Waals surface area contributed by atoms with Crippen LogP contribution in [0.2, 0.25) is 0 Å². The Morgan fingerprint density at radius 3 is 2.44 bits per heavy atom. The molecule has 0 saturated heterocycles. The minimum absolute atomic E-state index is 0.417. The normalized spacial score (nSPS) is 20.9. The van der Waals surface area contributed by atoms with Crippen LogP contribution in [0.25, 0.3) is 0 Å². The van der Waals surface area contributed by atoms with E-state index in [2.05, 4.69) is 0 Å². The van der Waals surface area contributed by atoms with E-state index in [0.717, 1.165) is 4.90 Å². The largest absolute Gasteiger partial charge is 0.443 e. The molecule has 104 valence electrons. The molecule has 0 radical (unpaired) electrons. The van der Waals surface area contributed by atoms with E-state index in [1.54, 1.807) is 20.8 Å². The lowest BCUT2D eigenvalue weighted by molar-refractivity contribution is -0.0935. The van der Waals surface area contributed by atoms with Crippen LogP contribution in [0, 0.1) is 0 Å². The van der Waals surface area contributed by atoms with Crippen molar-refractivity contribution < 1.29 is 27.8 Å². The van der Waals surface area contributed by atoms with Crippen LogP contribution in [0.3, 0.4) is 0 Å². The summed E-state index contributed by atoms with van der Waals surface area (Å²) in [5, 5.41) is 9.02. The van der Waals surface area contributed by atoms with Crippen LogP contribution in [0.4, 0.5) is 18.0 Å². The number of ether oxygens (including phenoxy) is 1. The van der Waals surface area contributed by atoms with Crippen molar-refractivity contribution in [3.05, 3.63) is 11.8 Å². The maximum Gasteiger partial charge on any atom is 0.414 e. The Hall–Kier alpha value is -1.24. The summed E-state index contributed by atoms with van der Waals surface area (Å²) in [5.74, 6) is 0. The summed E-state index contributed by atoms with van der Waals surface area (Å²) in [7, 11) is 0. The molecule has 1 N–H and O–H groups in total. The average Bonchev–Trinajstić information content (AvgIpc) is 2.57. The molecule has 0 unspecified atom stereocenters. The molecular weight excluding hydrogens is 251 g/mol. The molecule has 0 aromatic carbocycles. The molecule has 0 fully saturated rings. The lowest BCUT2D eigenvalue weighted by Gasteiger charge is -2.26. The van der Waals surface area contributed by atoms with Crippen molar-refractivity contribution in [1.82, 2.24) is 4.90 Å². The number of aliphatic hydroxyl groups is 1. The van der Waals surface area contributed by atoms with E-state index < -0.39 is 42.5 Å². The molecule has 1 rings (SSSR count). The van der Waals surface area contributed by atoms with Gasteiger partial charge in [0.2, 0.25) is 0 Å². The summed E-state index contributed by atoms with van der Waals surface area (Å²) < 4.78 is 42.5. The van der Waals surface area contributed by atoms with E-state index in [9.17, 15) is 18.0 Å². The van der Waals surface area contributed by atoms with Crippen molar-refractivity contribution in [2.45, 2.75) is 45.0 Å². The van der Waals surface area contributed by atoms with Crippen LogP contribution >= 0.6 is 0 Å². The average molecular weight is 267 g/mol. The Balaban J connectivity index is 2.86. The van der Waals surface area contributed by atoms with E-state index in [4.69, 9.17) is 9.84 Å². The van der Waals surface area contributed by atoms with Gasteiger partial charge in [-0.05, 0) is 20.8 Å². The number of alkyl halides is 3. The predicted octanol–water partition coefficient (Wildman–Crippen LogP) is 2.43. The topological polar surface area (TPSA) is 49.8 Å². The van der Waals surface area contributed by atoms with Gasteiger partial charge in [-0.1, -0.05) is 0 Å². The number of hydrogen-bond acceptors (Lipinski definition) is 3. The van der Waals surface area contributed by atoms with E-state index in [1.807, 2.05) is 0 Å². The molecule has 1 amide bonds. The van der Waals surface area contributed by atoms with Crippen molar-refractivity contribution in [1.29, 1.82) is 0 Å². The first-order valence-electron chi connectivity index (χ1n) is 5.44. The van der Waals surface area contributed by atoms with Crippen molar-refractivity contribution in [2.24, 2.45) is 0 Å². The second-order valence-electron chi connectivity index (χ2n) is 5.08. The summed E-state index contributed by atoms with van der Waals surface area (Å²) in [6.45, 7) is 4.30. The van der Waals surface area contributed by atoms with Gasteiger partial charge in [-0.3, -0.25) is 4.90 Å². The molecule has 1 heterocycles. The van der Waals surface area contributed by atoms with Gasteiger partial charge in [-0.15, -0.1) is 0 Å². The van der Waals surface area contributed by atoms with Gasteiger partial charge in [0, 0.05) is 12.6 Å². The minimum atomic E-state index is -4.50. The van der Waals surface area contributed by atoms with Crippen LogP contribution in [0.5, 0.6) is 0 Å². The number of carbonyl (C=O) groups excluding carboxylic acids is 1. The maximum atomic E-state index is 12.5. The monoisotopic (exact) mass is 267 g/mol. The zero-order chi connectivity index (χ0) is 14.1. The zero-order valence-electron chi connectivity index (χ0n) is 10.4. The smallest absolute Gasteiger partial charge is 0.414 e. The molecule has 7 heteroatoms. The quantitative estimate of drug-likeness (QED) is 0.793. The molecule has 1 aliphatic heterocycles. The van der Waals surface area contributed by atoms with Gasteiger partial charge >= 0.3 is 12.3 Å². The molecule has 0 aromatic heterocycles. The Morgan fingerprint density at radius 1 is 1.50 bits per heavy atom. The Kier molecular flexibility index (Phi) is 3.95. The third-order valence-electron chi connectivity index (χ3n) is 2.32. The fourth-order valence-electron chi connectivity index (χ4n) is 1.54. The fraction of sp³-hybridized carbons (Fsp3) is 0.727. The van der Waals surface area contributed by atoms with Crippen molar-refractivity contribution >= 4 is 6.09 Å². The van der Waals surface area contributed by atoms with Gasteiger partial charge < -0.3 is 9.84 Å².